The van der Waals surface area contributed by atoms with Crippen LogP contribution in [0.1, 0.15) is 41.6 Å². The Morgan fingerprint density at radius 2 is 1.91 bits per heavy atom. The van der Waals surface area contributed by atoms with Gasteiger partial charge in [0.2, 0.25) is 0 Å². The number of ether oxygens (including phenoxy) is 2. The first-order valence-electron chi connectivity index (χ1n) is 11.4. The Hall–Kier alpha value is -2.99. The summed E-state index contributed by atoms with van der Waals surface area (Å²) in [7, 11) is 3.15. The molecule has 0 bridgehead atoms. The molecule has 1 amide bonds. The van der Waals surface area contributed by atoms with E-state index in [0.29, 0.717) is 28.6 Å². The molecular weight excluding hydrogens is 438 g/mol. The van der Waals surface area contributed by atoms with E-state index in [4.69, 9.17) is 26.1 Å². The van der Waals surface area contributed by atoms with Crippen LogP contribution in [0.4, 0.5) is 5.82 Å². The van der Waals surface area contributed by atoms with E-state index in [-0.39, 0.29) is 11.9 Å². The van der Waals surface area contributed by atoms with Crippen LogP contribution < -0.4 is 14.4 Å². The molecular formula is C26H28ClN3O3. The van der Waals surface area contributed by atoms with Crippen molar-refractivity contribution in [2.75, 3.05) is 32.2 Å². The quantitative estimate of drug-likeness (QED) is 0.473. The number of aromatic nitrogens is 1. The van der Waals surface area contributed by atoms with Crippen molar-refractivity contribution in [1.82, 2.24) is 9.88 Å². The molecule has 33 heavy (non-hydrogen) atoms. The van der Waals surface area contributed by atoms with E-state index >= 15 is 0 Å². The molecule has 1 aliphatic heterocycles. The van der Waals surface area contributed by atoms with Crippen LogP contribution >= 0.6 is 11.6 Å². The van der Waals surface area contributed by atoms with Gasteiger partial charge in [0.25, 0.3) is 5.91 Å². The number of halogens is 1. The molecule has 2 aliphatic rings. The molecule has 3 aromatic rings. The summed E-state index contributed by atoms with van der Waals surface area (Å²) in [4.78, 5) is 23.1. The average molecular weight is 466 g/mol. The molecule has 2 heterocycles. The van der Waals surface area contributed by atoms with E-state index in [0.717, 1.165) is 61.1 Å². The third-order valence-corrected chi connectivity index (χ3v) is 6.70. The highest BCUT2D eigenvalue weighted by Gasteiger charge is 2.35. The van der Waals surface area contributed by atoms with Crippen LogP contribution in [0.15, 0.2) is 42.5 Å². The average Bonchev–Trinajstić information content (AvgIpc) is 3.53. The van der Waals surface area contributed by atoms with Gasteiger partial charge in [-0.2, -0.15) is 0 Å². The molecule has 7 heteroatoms. The number of nitrogens with zero attached hydrogens (tertiary/aromatic N) is 3. The van der Waals surface area contributed by atoms with Gasteiger partial charge in [0.1, 0.15) is 5.82 Å². The van der Waals surface area contributed by atoms with Gasteiger partial charge in [0.05, 0.1) is 25.3 Å². The number of carbonyl (C=O) groups is 1. The van der Waals surface area contributed by atoms with Crippen LogP contribution in [0.2, 0.25) is 5.02 Å². The summed E-state index contributed by atoms with van der Waals surface area (Å²) in [6.45, 7) is 2.46. The SMILES string of the molecule is COc1cccc(C(=O)N(Cc2cc3ccc(Cl)cc3nc2N2CCCC2)C2CC2)c1OC. The lowest BCUT2D eigenvalue weighted by Crippen LogP contribution is -2.34. The number of para-hydroxylation sites is 1. The minimum absolute atomic E-state index is 0.0446. The molecule has 1 saturated heterocycles. The van der Waals surface area contributed by atoms with Crippen molar-refractivity contribution in [3.63, 3.8) is 0 Å². The van der Waals surface area contributed by atoms with E-state index in [2.05, 4.69) is 11.0 Å². The Kier molecular flexibility index (Phi) is 6.02. The first-order valence-corrected chi connectivity index (χ1v) is 11.8. The number of benzene rings is 2. The summed E-state index contributed by atoms with van der Waals surface area (Å²) in [5.41, 5.74) is 2.47. The maximum absolute atomic E-state index is 13.8. The van der Waals surface area contributed by atoms with Crippen LogP contribution in [0.3, 0.4) is 0 Å². The van der Waals surface area contributed by atoms with Crippen molar-refractivity contribution in [2.45, 2.75) is 38.3 Å². The molecule has 2 fully saturated rings. The van der Waals surface area contributed by atoms with Crippen LogP contribution in [0, 0.1) is 0 Å². The Morgan fingerprint density at radius 1 is 1.12 bits per heavy atom. The molecule has 0 atom stereocenters. The number of rotatable bonds is 7. The minimum atomic E-state index is -0.0446. The number of carbonyl (C=O) groups excluding carboxylic acids is 1. The summed E-state index contributed by atoms with van der Waals surface area (Å²) in [6.07, 6.45) is 4.32. The topological polar surface area (TPSA) is 54.9 Å². The molecule has 6 nitrogen and oxygen atoms in total. The predicted molar refractivity (Wildman–Crippen MR) is 131 cm³/mol. The second-order valence-corrected chi connectivity index (χ2v) is 9.14. The largest absolute Gasteiger partial charge is 0.493 e. The molecule has 1 aromatic heterocycles. The molecule has 0 unspecified atom stereocenters. The third kappa shape index (κ3) is 4.32. The fourth-order valence-electron chi connectivity index (χ4n) is 4.64. The highest BCUT2D eigenvalue weighted by Crippen LogP contribution is 2.37. The van der Waals surface area contributed by atoms with Crippen molar-refractivity contribution in [2.24, 2.45) is 0 Å². The number of hydrogen-bond donors (Lipinski definition) is 0. The van der Waals surface area contributed by atoms with Gasteiger partial charge in [-0.25, -0.2) is 4.98 Å². The molecule has 2 aromatic carbocycles. The van der Waals surface area contributed by atoms with Crippen LogP contribution in [0.5, 0.6) is 11.5 Å². The van der Waals surface area contributed by atoms with Gasteiger partial charge in [-0.3, -0.25) is 4.79 Å². The summed E-state index contributed by atoms with van der Waals surface area (Å²) in [5, 5.41) is 1.70. The number of anilines is 1. The second kappa shape index (κ2) is 9.10. The summed E-state index contributed by atoms with van der Waals surface area (Å²) in [5.74, 6) is 1.94. The molecule has 172 valence electrons. The standard InChI is InChI=1S/C26H28ClN3O3/c1-32-23-7-5-6-21(24(23)33-2)26(31)30(20-10-11-20)16-18-14-17-8-9-19(27)15-22(17)28-25(18)29-12-3-4-13-29/h5-9,14-15,20H,3-4,10-13,16H2,1-2H3. The van der Waals surface area contributed by atoms with Crippen molar-refractivity contribution in [3.8, 4) is 11.5 Å². The number of fused-ring (bicyclic) bond motifs is 1. The second-order valence-electron chi connectivity index (χ2n) is 8.71. The monoisotopic (exact) mass is 465 g/mol. The molecule has 0 radical (unpaired) electrons. The van der Waals surface area contributed by atoms with E-state index < -0.39 is 0 Å². The normalized spacial score (nSPS) is 15.7. The highest BCUT2D eigenvalue weighted by molar-refractivity contribution is 6.31. The van der Waals surface area contributed by atoms with Crippen molar-refractivity contribution in [1.29, 1.82) is 0 Å². The zero-order valence-electron chi connectivity index (χ0n) is 19.0. The maximum atomic E-state index is 13.8. The van der Waals surface area contributed by atoms with Crippen LogP contribution in [-0.2, 0) is 6.54 Å². The lowest BCUT2D eigenvalue weighted by atomic mass is 10.1. The number of pyridine rings is 1. The predicted octanol–water partition coefficient (Wildman–Crippen LogP) is 5.31. The van der Waals surface area contributed by atoms with Gasteiger partial charge in [-0.05, 0) is 56.0 Å². The first-order chi connectivity index (χ1) is 16.1. The lowest BCUT2D eigenvalue weighted by Gasteiger charge is -2.27. The smallest absolute Gasteiger partial charge is 0.258 e. The van der Waals surface area contributed by atoms with E-state index in [9.17, 15) is 4.79 Å². The van der Waals surface area contributed by atoms with Gasteiger partial charge in [-0.1, -0.05) is 23.7 Å². The molecule has 1 aliphatic carbocycles. The van der Waals surface area contributed by atoms with Gasteiger partial charge < -0.3 is 19.3 Å². The zero-order chi connectivity index (χ0) is 22.9. The van der Waals surface area contributed by atoms with Crippen molar-refractivity contribution >= 4 is 34.2 Å². The van der Waals surface area contributed by atoms with Crippen LogP contribution in [0.25, 0.3) is 10.9 Å². The van der Waals surface area contributed by atoms with Crippen molar-refractivity contribution < 1.29 is 14.3 Å². The van der Waals surface area contributed by atoms with Gasteiger partial charge in [0, 0.05) is 41.6 Å². The van der Waals surface area contributed by atoms with Gasteiger partial charge in [-0.15, -0.1) is 0 Å². The van der Waals surface area contributed by atoms with E-state index in [1.54, 1.807) is 26.4 Å². The summed E-state index contributed by atoms with van der Waals surface area (Å²) < 4.78 is 11.0. The van der Waals surface area contributed by atoms with E-state index in [1.807, 2.05) is 29.2 Å². The third-order valence-electron chi connectivity index (χ3n) is 6.46. The Labute approximate surface area is 199 Å². The van der Waals surface area contributed by atoms with Gasteiger partial charge in [0.15, 0.2) is 11.5 Å². The van der Waals surface area contributed by atoms with Crippen molar-refractivity contribution in [3.05, 3.63) is 58.6 Å². The number of hydrogen-bond acceptors (Lipinski definition) is 5. The molecule has 0 N–H and O–H groups in total. The highest BCUT2D eigenvalue weighted by atomic mass is 35.5. The Balaban J connectivity index is 1.55. The summed E-state index contributed by atoms with van der Waals surface area (Å²) in [6, 6.07) is 13.6. The molecule has 5 rings (SSSR count). The molecule has 0 spiro atoms. The maximum Gasteiger partial charge on any atom is 0.258 e. The first kappa shape index (κ1) is 21.8. The fraction of sp³-hybridized carbons (Fsp3) is 0.385. The van der Waals surface area contributed by atoms with E-state index in [1.165, 1.54) is 0 Å². The zero-order valence-corrected chi connectivity index (χ0v) is 19.8. The Bertz CT molecular complexity index is 1190. The minimum Gasteiger partial charge on any atom is -0.493 e. The van der Waals surface area contributed by atoms with Crippen LogP contribution in [-0.4, -0.2) is 49.1 Å². The summed E-state index contributed by atoms with van der Waals surface area (Å²) >= 11 is 6.24. The van der Waals surface area contributed by atoms with Gasteiger partial charge >= 0.3 is 0 Å². The number of amides is 1. The number of methoxy groups -OCH3 is 2. The molecule has 1 saturated carbocycles. The fourth-order valence-corrected chi connectivity index (χ4v) is 4.81. The Morgan fingerprint density at radius 3 is 2.61 bits per heavy atom. The lowest BCUT2D eigenvalue weighted by molar-refractivity contribution is 0.0726.